The number of rotatable bonds is 4. The molecule has 0 saturated carbocycles. The Kier molecular flexibility index (Phi) is 5.27. The van der Waals surface area contributed by atoms with Crippen LogP contribution in [0.2, 0.25) is 0 Å². The molecule has 1 rings (SSSR count). The zero-order valence-electron chi connectivity index (χ0n) is 9.74. The molecule has 0 aromatic carbocycles. The van der Waals surface area contributed by atoms with Crippen molar-refractivity contribution in [2.75, 3.05) is 26.2 Å². The molecule has 108 valence electrons. The minimum Gasteiger partial charge on any atom is -0.314 e. The fourth-order valence-electron chi connectivity index (χ4n) is 1.97. The predicted octanol–water partition coefficient (Wildman–Crippen LogP) is 2.56. The summed E-state index contributed by atoms with van der Waals surface area (Å²) >= 11 is 0. The van der Waals surface area contributed by atoms with Crippen molar-refractivity contribution in [3.05, 3.63) is 0 Å². The Hall–Kier alpha value is -0.500. The van der Waals surface area contributed by atoms with E-state index in [0.717, 1.165) is 0 Å². The van der Waals surface area contributed by atoms with E-state index in [1.54, 1.807) is 0 Å². The Morgan fingerprint density at radius 2 is 1.50 bits per heavy atom. The largest absolute Gasteiger partial charge is 0.401 e. The molecule has 0 unspecified atom stereocenters. The molecule has 18 heavy (non-hydrogen) atoms. The Bertz CT molecular complexity index is 242. The van der Waals surface area contributed by atoms with Crippen molar-refractivity contribution in [2.45, 2.75) is 37.7 Å². The highest BCUT2D eigenvalue weighted by Gasteiger charge is 2.32. The second-order valence-electron chi connectivity index (χ2n) is 4.48. The van der Waals surface area contributed by atoms with Crippen LogP contribution in [0, 0.1) is 0 Å². The van der Waals surface area contributed by atoms with Gasteiger partial charge in [0.25, 0.3) is 0 Å². The maximum absolute atomic E-state index is 12.1. The monoisotopic (exact) mass is 278 g/mol. The van der Waals surface area contributed by atoms with Crippen molar-refractivity contribution in [3.63, 3.8) is 0 Å². The van der Waals surface area contributed by atoms with Crippen molar-refractivity contribution in [1.29, 1.82) is 0 Å². The molecule has 1 aliphatic heterocycles. The molecule has 0 aliphatic carbocycles. The van der Waals surface area contributed by atoms with E-state index in [-0.39, 0.29) is 25.7 Å². The van der Waals surface area contributed by atoms with E-state index in [9.17, 15) is 26.3 Å². The molecular formula is C10H16F6N2. The summed E-state index contributed by atoms with van der Waals surface area (Å²) in [6, 6.07) is -0.114. The maximum Gasteiger partial charge on any atom is 0.401 e. The van der Waals surface area contributed by atoms with Crippen LogP contribution in [0.3, 0.4) is 0 Å². The average Bonchev–Trinajstić information content (AvgIpc) is 2.16. The molecule has 0 bridgehead atoms. The average molecular weight is 278 g/mol. The summed E-state index contributed by atoms with van der Waals surface area (Å²) in [5.41, 5.74) is 0. The number of nitrogens with zero attached hydrogens (tertiary/aromatic N) is 1. The van der Waals surface area contributed by atoms with Crippen molar-refractivity contribution in [2.24, 2.45) is 0 Å². The molecule has 0 spiro atoms. The third kappa shape index (κ3) is 7.05. The van der Waals surface area contributed by atoms with Crippen molar-refractivity contribution in [3.8, 4) is 0 Å². The van der Waals surface area contributed by atoms with E-state index in [0.29, 0.717) is 12.8 Å². The van der Waals surface area contributed by atoms with Gasteiger partial charge in [-0.05, 0) is 25.9 Å². The lowest BCUT2D eigenvalue weighted by molar-refractivity contribution is -0.148. The van der Waals surface area contributed by atoms with E-state index >= 15 is 0 Å². The van der Waals surface area contributed by atoms with Gasteiger partial charge in [0, 0.05) is 12.6 Å². The van der Waals surface area contributed by atoms with Crippen molar-refractivity contribution >= 4 is 0 Å². The smallest absolute Gasteiger partial charge is 0.314 e. The van der Waals surface area contributed by atoms with Gasteiger partial charge in [-0.2, -0.15) is 26.3 Å². The molecule has 1 saturated heterocycles. The van der Waals surface area contributed by atoms with Gasteiger partial charge in [0.05, 0.1) is 13.0 Å². The van der Waals surface area contributed by atoms with Crippen molar-refractivity contribution in [1.82, 2.24) is 10.2 Å². The quantitative estimate of drug-likeness (QED) is 0.795. The van der Waals surface area contributed by atoms with Crippen LogP contribution >= 0.6 is 0 Å². The zero-order chi connectivity index (χ0) is 13.8. The highest BCUT2D eigenvalue weighted by Crippen LogP contribution is 2.21. The minimum absolute atomic E-state index is 0.114. The number of hydrogen-bond acceptors (Lipinski definition) is 2. The lowest BCUT2D eigenvalue weighted by Crippen LogP contribution is -2.46. The molecule has 0 atom stereocenters. The molecule has 1 heterocycles. The van der Waals surface area contributed by atoms with E-state index in [1.165, 1.54) is 4.90 Å². The van der Waals surface area contributed by atoms with E-state index in [2.05, 4.69) is 5.32 Å². The molecular weight excluding hydrogens is 262 g/mol. The normalized spacial score (nSPS) is 20.3. The van der Waals surface area contributed by atoms with Gasteiger partial charge in [0.15, 0.2) is 0 Å². The summed E-state index contributed by atoms with van der Waals surface area (Å²) in [4.78, 5) is 1.28. The Labute approximate surface area is 101 Å². The molecule has 0 amide bonds. The first-order chi connectivity index (χ1) is 8.16. The van der Waals surface area contributed by atoms with Gasteiger partial charge in [0.1, 0.15) is 0 Å². The highest BCUT2D eigenvalue weighted by molar-refractivity contribution is 4.78. The number of alkyl halides is 6. The predicted molar refractivity (Wildman–Crippen MR) is 54.2 cm³/mol. The minimum atomic E-state index is -4.21. The van der Waals surface area contributed by atoms with Crippen LogP contribution < -0.4 is 5.32 Å². The Morgan fingerprint density at radius 3 is 1.94 bits per heavy atom. The van der Waals surface area contributed by atoms with E-state index in [1.807, 2.05) is 0 Å². The third-order valence-electron chi connectivity index (χ3n) is 2.83. The molecule has 1 aliphatic rings. The van der Waals surface area contributed by atoms with Crippen LogP contribution in [0.1, 0.15) is 19.3 Å². The highest BCUT2D eigenvalue weighted by atomic mass is 19.4. The van der Waals surface area contributed by atoms with Gasteiger partial charge in [-0.1, -0.05) is 0 Å². The van der Waals surface area contributed by atoms with Crippen LogP contribution in [-0.2, 0) is 0 Å². The summed E-state index contributed by atoms with van der Waals surface area (Å²) in [5, 5.41) is 2.73. The fourth-order valence-corrected chi connectivity index (χ4v) is 1.97. The number of halogens is 6. The number of hydrogen-bond donors (Lipinski definition) is 1. The first kappa shape index (κ1) is 15.6. The van der Waals surface area contributed by atoms with Crippen molar-refractivity contribution < 1.29 is 26.3 Å². The van der Waals surface area contributed by atoms with Gasteiger partial charge in [0.2, 0.25) is 0 Å². The Balaban J connectivity index is 2.16. The van der Waals surface area contributed by atoms with Crippen LogP contribution in [-0.4, -0.2) is 49.5 Å². The van der Waals surface area contributed by atoms with Crippen LogP contribution in [0.25, 0.3) is 0 Å². The zero-order valence-corrected chi connectivity index (χ0v) is 9.74. The van der Waals surface area contributed by atoms with Gasteiger partial charge < -0.3 is 5.32 Å². The number of nitrogens with one attached hydrogen (secondary N) is 1. The molecule has 0 aromatic rings. The second-order valence-corrected chi connectivity index (χ2v) is 4.48. The summed E-state index contributed by atoms with van der Waals surface area (Å²) in [6.07, 6.45) is -8.40. The van der Waals surface area contributed by atoms with Crippen LogP contribution in [0.15, 0.2) is 0 Å². The summed E-state index contributed by atoms with van der Waals surface area (Å²) in [6.45, 7) is -0.581. The lowest BCUT2D eigenvalue weighted by Gasteiger charge is -2.32. The van der Waals surface area contributed by atoms with Crippen LogP contribution in [0.5, 0.6) is 0 Å². The van der Waals surface area contributed by atoms with Gasteiger partial charge in [-0.15, -0.1) is 0 Å². The molecule has 2 nitrogen and oxygen atoms in total. The maximum atomic E-state index is 12.1. The molecule has 0 aromatic heterocycles. The van der Waals surface area contributed by atoms with Gasteiger partial charge >= 0.3 is 12.4 Å². The number of likely N-dealkylation sites (tertiary alicyclic amines) is 1. The number of piperidine rings is 1. The fraction of sp³-hybridized carbons (Fsp3) is 1.00. The topological polar surface area (TPSA) is 15.3 Å². The SMILES string of the molecule is FC(F)(F)CCNC1CCN(CC(F)(F)F)CC1. The summed E-state index contributed by atoms with van der Waals surface area (Å²) in [7, 11) is 0. The standard InChI is InChI=1S/C10H16F6N2/c11-9(12,13)3-4-17-8-1-5-18(6-2-8)7-10(14,15)16/h8,17H,1-7H2. The summed E-state index contributed by atoms with van der Waals surface area (Å²) < 4.78 is 71.9. The first-order valence-corrected chi connectivity index (χ1v) is 5.75. The van der Waals surface area contributed by atoms with Crippen LogP contribution in [0.4, 0.5) is 26.3 Å². The Morgan fingerprint density at radius 1 is 0.944 bits per heavy atom. The molecule has 1 fully saturated rings. The molecule has 1 N–H and O–H groups in total. The molecule has 0 radical (unpaired) electrons. The van der Waals surface area contributed by atoms with E-state index < -0.39 is 25.3 Å². The van der Waals surface area contributed by atoms with Gasteiger partial charge in [-0.3, -0.25) is 4.90 Å². The lowest BCUT2D eigenvalue weighted by atomic mass is 10.0. The molecule has 8 heteroatoms. The van der Waals surface area contributed by atoms with Gasteiger partial charge in [-0.25, -0.2) is 0 Å². The second kappa shape index (κ2) is 6.10. The summed E-state index contributed by atoms with van der Waals surface area (Å²) in [5.74, 6) is 0. The third-order valence-corrected chi connectivity index (χ3v) is 2.83. The first-order valence-electron chi connectivity index (χ1n) is 5.75. The van der Waals surface area contributed by atoms with E-state index in [4.69, 9.17) is 0 Å².